The van der Waals surface area contributed by atoms with Crippen LogP contribution >= 0.6 is 0 Å². The molecule has 0 spiro atoms. The second kappa shape index (κ2) is 6.50. The van der Waals surface area contributed by atoms with Crippen LogP contribution < -0.4 is 5.32 Å². The van der Waals surface area contributed by atoms with Crippen LogP contribution in [0.1, 0.15) is 30.8 Å². The minimum Gasteiger partial charge on any atom is -0.441 e. The Morgan fingerprint density at radius 1 is 1.14 bits per heavy atom. The fourth-order valence-electron chi connectivity index (χ4n) is 2.40. The van der Waals surface area contributed by atoms with E-state index in [1.165, 1.54) is 5.56 Å². The van der Waals surface area contributed by atoms with E-state index in [-0.39, 0.29) is 6.04 Å². The van der Waals surface area contributed by atoms with Gasteiger partial charge in [-0.1, -0.05) is 19.1 Å². The van der Waals surface area contributed by atoms with E-state index >= 15 is 0 Å². The molecule has 0 amide bonds. The number of rotatable bonds is 6. The summed E-state index contributed by atoms with van der Waals surface area (Å²) in [5.41, 5.74) is 2.97. The van der Waals surface area contributed by atoms with E-state index in [2.05, 4.69) is 22.2 Å². The smallest absolute Gasteiger partial charge is 0.197 e. The third-order valence-electron chi connectivity index (χ3n) is 3.47. The van der Waals surface area contributed by atoms with Crippen molar-refractivity contribution in [2.75, 3.05) is 6.54 Å². The normalized spacial score (nSPS) is 12.6. The fourth-order valence-corrected chi connectivity index (χ4v) is 2.40. The molecule has 0 bridgehead atoms. The maximum atomic E-state index is 5.83. The molecular formula is C17H19N3O. The van der Waals surface area contributed by atoms with Gasteiger partial charge in [0.2, 0.25) is 0 Å². The average molecular weight is 281 g/mol. The van der Waals surface area contributed by atoms with E-state index in [1.54, 1.807) is 0 Å². The summed E-state index contributed by atoms with van der Waals surface area (Å²) in [7, 11) is 0. The Bertz CT molecular complexity index is 660. The minimum atomic E-state index is 0.195. The van der Waals surface area contributed by atoms with Crippen molar-refractivity contribution in [2.24, 2.45) is 0 Å². The first kappa shape index (κ1) is 13.8. The van der Waals surface area contributed by atoms with Crippen molar-refractivity contribution in [3.8, 4) is 0 Å². The summed E-state index contributed by atoms with van der Waals surface area (Å²) in [6.07, 6.45) is 5.47. The van der Waals surface area contributed by atoms with E-state index in [1.807, 2.05) is 48.8 Å². The van der Waals surface area contributed by atoms with Crippen LogP contribution in [-0.2, 0) is 6.42 Å². The van der Waals surface area contributed by atoms with Crippen LogP contribution in [-0.4, -0.2) is 16.5 Å². The maximum Gasteiger partial charge on any atom is 0.197 e. The Hall–Kier alpha value is -2.20. The predicted octanol–water partition coefficient (Wildman–Crippen LogP) is 3.51. The third-order valence-corrected chi connectivity index (χ3v) is 3.47. The molecular weight excluding hydrogens is 262 g/mol. The lowest BCUT2D eigenvalue weighted by molar-refractivity contribution is 0.453. The number of benzene rings is 1. The first-order chi connectivity index (χ1) is 10.4. The number of fused-ring (bicyclic) bond motifs is 1. The second-order valence-corrected chi connectivity index (χ2v) is 5.07. The lowest BCUT2D eigenvalue weighted by atomic mass is 10.1. The van der Waals surface area contributed by atoms with Crippen LogP contribution in [0.4, 0.5) is 0 Å². The Morgan fingerprint density at radius 3 is 2.71 bits per heavy atom. The van der Waals surface area contributed by atoms with Crippen LogP contribution in [0.15, 0.2) is 53.2 Å². The number of nitrogens with zero attached hydrogens (tertiary/aromatic N) is 2. The molecule has 4 heteroatoms. The zero-order valence-electron chi connectivity index (χ0n) is 12.1. The zero-order chi connectivity index (χ0) is 14.5. The summed E-state index contributed by atoms with van der Waals surface area (Å²) >= 11 is 0. The summed E-state index contributed by atoms with van der Waals surface area (Å²) in [4.78, 5) is 8.65. The molecule has 0 aliphatic heterocycles. The molecule has 0 aliphatic rings. The Labute approximate surface area is 124 Å². The molecule has 3 rings (SSSR count). The number of aromatic nitrogens is 2. The molecule has 0 fully saturated rings. The number of hydrogen-bond acceptors (Lipinski definition) is 4. The van der Waals surface area contributed by atoms with Gasteiger partial charge in [-0.2, -0.15) is 0 Å². The van der Waals surface area contributed by atoms with Crippen molar-refractivity contribution < 1.29 is 4.42 Å². The molecule has 3 aromatic rings. The highest BCUT2D eigenvalue weighted by Gasteiger charge is 2.15. The average Bonchev–Trinajstić information content (AvgIpc) is 2.94. The highest BCUT2D eigenvalue weighted by atomic mass is 16.3. The first-order valence-corrected chi connectivity index (χ1v) is 7.34. The zero-order valence-corrected chi connectivity index (χ0v) is 12.1. The Balaban J connectivity index is 1.83. The van der Waals surface area contributed by atoms with Crippen LogP contribution in [0.5, 0.6) is 0 Å². The van der Waals surface area contributed by atoms with Crippen LogP contribution in [0.25, 0.3) is 11.1 Å². The van der Waals surface area contributed by atoms with E-state index in [0.717, 1.165) is 36.4 Å². The second-order valence-electron chi connectivity index (χ2n) is 5.07. The lowest BCUT2D eigenvalue weighted by Gasteiger charge is -2.17. The molecule has 0 saturated heterocycles. The highest BCUT2D eigenvalue weighted by Crippen LogP contribution is 2.21. The Kier molecular flexibility index (Phi) is 4.26. The standard InChI is InChI=1S/C17H19N3O/c1-2-9-19-15(13-7-10-18-11-8-13)12-17-20-14-5-3-4-6-16(14)21-17/h3-8,10-11,15,19H,2,9,12H2,1H3. The van der Waals surface area contributed by atoms with Gasteiger partial charge in [0, 0.05) is 24.9 Å². The molecule has 1 aromatic carbocycles. The molecule has 1 atom stereocenters. The largest absolute Gasteiger partial charge is 0.441 e. The monoisotopic (exact) mass is 281 g/mol. The van der Waals surface area contributed by atoms with Crippen molar-refractivity contribution in [1.82, 2.24) is 15.3 Å². The summed E-state index contributed by atoms with van der Waals surface area (Å²) in [6.45, 7) is 3.13. The van der Waals surface area contributed by atoms with Gasteiger partial charge in [-0.05, 0) is 42.8 Å². The van der Waals surface area contributed by atoms with Crippen LogP contribution in [0.2, 0.25) is 0 Å². The molecule has 0 aliphatic carbocycles. The van der Waals surface area contributed by atoms with Crippen molar-refractivity contribution in [1.29, 1.82) is 0 Å². The number of pyridine rings is 1. The Morgan fingerprint density at radius 2 is 1.95 bits per heavy atom. The van der Waals surface area contributed by atoms with Crippen LogP contribution in [0, 0.1) is 0 Å². The lowest BCUT2D eigenvalue weighted by Crippen LogP contribution is -2.24. The van der Waals surface area contributed by atoms with E-state index < -0.39 is 0 Å². The van der Waals surface area contributed by atoms with E-state index in [4.69, 9.17) is 4.42 Å². The molecule has 0 radical (unpaired) electrons. The molecule has 2 heterocycles. The molecule has 21 heavy (non-hydrogen) atoms. The number of oxazole rings is 1. The summed E-state index contributed by atoms with van der Waals surface area (Å²) in [6, 6.07) is 12.1. The van der Waals surface area contributed by atoms with Crippen molar-refractivity contribution >= 4 is 11.1 Å². The van der Waals surface area contributed by atoms with Crippen molar-refractivity contribution in [2.45, 2.75) is 25.8 Å². The minimum absolute atomic E-state index is 0.195. The summed E-state index contributed by atoms with van der Waals surface area (Å²) < 4.78 is 5.83. The number of nitrogens with one attached hydrogen (secondary N) is 1. The van der Waals surface area contributed by atoms with Gasteiger partial charge in [0.05, 0.1) is 0 Å². The molecule has 4 nitrogen and oxygen atoms in total. The van der Waals surface area contributed by atoms with Gasteiger partial charge in [0.25, 0.3) is 0 Å². The molecule has 108 valence electrons. The van der Waals surface area contributed by atoms with Gasteiger partial charge >= 0.3 is 0 Å². The fraction of sp³-hybridized carbons (Fsp3) is 0.294. The van der Waals surface area contributed by atoms with Crippen LogP contribution in [0.3, 0.4) is 0 Å². The quantitative estimate of drug-likeness (QED) is 0.751. The number of para-hydroxylation sites is 2. The maximum absolute atomic E-state index is 5.83. The molecule has 1 unspecified atom stereocenters. The SMILES string of the molecule is CCCNC(Cc1nc2ccccc2o1)c1ccncc1. The van der Waals surface area contributed by atoms with Gasteiger partial charge in [-0.25, -0.2) is 4.98 Å². The van der Waals surface area contributed by atoms with Gasteiger partial charge < -0.3 is 9.73 Å². The number of hydrogen-bond donors (Lipinski definition) is 1. The summed E-state index contributed by atoms with van der Waals surface area (Å²) in [5.74, 6) is 0.765. The molecule has 2 aromatic heterocycles. The van der Waals surface area contributed by atoms with Crippen molar-refractivity contribution in [3.63, 3.8) is 0 Å². The van der Waals surface area contributed by atoms with Gasteiger partial charge in [0.1, 0.15) is 5.52 Å². The van der Waals surface area contributed by atoms with Gasteiger partial charge in [-0.15, -0.1) is 0 Å². The van der Waals surface area contributed by atoms with Gasteiger partial charge in [0.15, 0.2) is 11.5 Å². The van der Waals surface area contributed by atoms with Gasteiger partial charge in [-0.3, -0.25) is 4.98 Å². The summed E-state index contributed by atoms with van der Waals surface area (Å²) in [5, 5.41) is 3.55. The highest BCUT2D eigenvalue weighted by molar-refractivity contribution is 5.72. The topological polar surface area (TPSA) is 51.0 Å². The van der Waals surface area contributed by atoms with Crippen molar-refractivity contribution in [3.05, 3.63) is 60.2 Å². The molecule has 0 saturated carbocycles. The van der Waals surface area contributed by atoms with E-state index in [0.29, 0.717) is 0 Å². The molecule has 1 N–H and O–H groups in total. The predicted molar refractivity (Wildman–Crippen MR) is 83.0 cm³/mol. The van der Waals surface area contributed by atoms with E-state index in [9.17, 15) is 0 Å². The first-order valence-electron chi connectivity index (χ1n) is 7.34. The third kappa shape index (κ3) is 3.28.